The first kappa shape index (κ1) is 21.1. The summed E-state index contributed by atoms with van der Waals surface area (Å²) in [6.07, 6.45) is 0. The van der Waals surface area contributed by atoms with Gasteiger partial charge in [-0.1, -0.05) is 13.8 Å². The molecule has 2 aromatic rings. The monoisotopic (exact) mass is 382 g/mol. The van der Waals surface area contributed by atoms with Gasteiger partial charge in [0.25, 0.3) is 0 Å². The van der Waals surface area contributed by atoms with Gasteiger partial charge in [0.1, 0.15) is 5.01 Å². The maximum atomic E-state index is 11.9. The standard InChI is InChI=1S/C17H22N4O2S.ClH/c1-10(2)15(18)16(23)19-8-14(22)21-13-6-4-12(5-7-13)17-20-11(3)9-24-17;/h4-7,9-10,15H,8,18H2,1-3H3,(H,19,23)(H,21,22);1H/t15-;/m0./s1. The van der Waals surface area contributed by atoms with Crippen LogP contribution < -0.4 is 16.4 Å². The van der Waals surface area contributed by atoms with Gasteiger partial charge >= 0.3 is 0 Å². The minimum atomic E-state index is -0.612. The Morgan fingerprint density at radius 2 is 1.88 bits per heavy atom. The summed E-state index contributed by atoms with van der Waals surface area (Å²) in [7, 11) is 0. The summed E-state index contributed by atoms with van der Waals surface area (Å²) in [4.78, 5) is 28.0. The number of halogens is 1. The summed E-state index contributed by atoms with van der Waals surface area (Å²) in [5.74, 6) is -0.595. The summed E-state index contributed by atoms with van der Waals surface area (Å²) in [6.45, 7) is 5.56. The second-order valence-corrected chi connectivity index (χ2v) is 6.77. The molecule has 4 N–H and O–H groups in total. The minimum Gasteiger partial charge on any atom is -0.346 e. The molecule has 0 aliphatic heterocycles. The van der Waals surface area contributed by atoms with Gasteiger partial charge in [0.05, 0.1) is 12.6 Å². The number of anilines is 1. The molecule has 0 radical (unpaired) electrons. The molecule has 136 valence electrons. The average Bonchev–Trinajstić information content (AvgIpc) is 2.99. The number of carbonyl (C=O) groups excluding carboxylic acids is 2. The molecule has 0 aliphatic carbocycles. The highest BCUT2D eigenvalue weighted by Gasteiger charge is 2.17. The van der Waals surface area contributed by atoms with E-state index < -0.39 is 6.04 Å². The highest BCUT2D eigenvalue weighted by Crippen LogP contribution is 2.24. The van der Waals surface area contributed by atoms with E-state index in [9.17, 15) is 9.59 Å². The van der Waals surface area contributed by atoms with Crippen LogP contribution in [0.15, 0.2) is 29.6 Å². The van der Waals surface area contributed by atoms with Crippen molar-refractivity contribution in [3.05, 3.63) is 35.3 Å². The largest absolute Gasteiger partial charge is 0.346 e. The molecule has 0 aliphatic rings. The number of thiazole rings is 1. The molecular formula is C17H23ClN4O2S. The third kappa shape index (κ3) is 6.12. The highest BCUT2D eigenvalue weighted by atomic mass is 35.5. The molecule has 0 bridgehead atoms. The van der Waals surface area contributed by atoms with E-state index in [1.807, 2.05) is 50.4 Å². The lowest BCUT2D eigenvalue weighted by Gasteiger charge is -2.15. The Morgan fingerprint density at radius 3 is 2.40 bits per heavy atom. The van der Waals surface area contributed by atoms with Crippen molar-refractivity contribution in [1.82, 2.24) is 10.3 Å². The Balaban J connectivity index is 0.00000312. The first-order chi connectivity index (χ1) is 11.4. The van der Waals surface area contributed by atoms with Crippen LogP contribution in [0.3, 0.4) is 0 Å². The molecule has 2 amide bonds. The topological polar surface area (TPSA) is 97.1 Å². The van der Waals surface area contributed by atoms with Crippen LogP contribution in [-0.4, -0.2) is 29.4 Å². The summed E-state index contributed by atoms with van der Waals surface area (Å²) in [5, 5.41) is 8.22. The third-order valence-electron chi connectivity index (χ3n) is 3.48. The summed E-state index contributed by atoms with van der Waals surface area (Å²) < 4.78 is 0. The molecule has 0 unspecified atom stereocenters. The van der Waals surface area contributed by atoms with Gasteiger partial charge in [0.15, 0.2) is 0 Å². The zero-order valence-corrected chi connectivity index (χ0v) is 16.0. The second kappa shape index (κ2) is 9.50. The lowest BCUT2D eigenvalue weighted by Crippen LogP contribution is -2.46. The van der Waals surface area contributed by atoms with Crippen LogP contribution in [0.2, 0.25) is 0 Å². The van der Waals surface area contributed by atoms with Crippen LogP contribution in [0.5, 0.6) is 0 Å². The van der Waals surface area contributed by atoms with E-state index in [1.54, 1.807) is 11.3 Å². The molecule has 2 rings (SSSR count). The quantitative estimate of drug-likeness (QED) is 0.715. The fourth-order valence-corrected chi connectivity index (χ4v) is 2.78. The van der Waals surface area contributed by atoms with E-state index in [2.05, 4.69) is 15.6 Å². The number of nitrogens with one attached hydrogen (secondary N) is 2. The first-order valence-electron chi connectivity index (χ1n) is 7.72. The lowest BCUT2D eigenvalue weighted by atomic mass is 10.1. The van der Waals surface area contributed by atoms with Gasteiger partial charge < -0.3 is 16.4 Å². The van der Waals surface area contributed by atoms with Gasteiger partial charge in [0.2, 0.25) is 11.8 Å². The van der Waals surface area contributed by atoms with Crippen LogP contribution in [-0.2, 0) is 9.59 Å². The molecule has 25 heavy (non-hydrogen) atoms. The van der Waals surface area contributed by atoms with E-state index in [-0.39, 0.29) is 36.7 Å². The van der Waals surface area contributed by atoms with Crippen molar-refractivity contribution in [2.75, 3.05) is 11.9 Å². The van der Waals surface area contributed by atoms with E-state index in [1.165, 1.54) is 0 Å². The number of nitrogens with zero attached hydrogens (tertiary/aromatic N) is 1. The van der Waals surface area contributed by atoms with Crippen molar-refractivity contribution in [2.45, 2.75) is 26.8 Å². The summed E-state index contributed by atoms with van der Waals surface area (Å²) in [5.41, 5.74) is 8.38. The predicted molar refractivity (Wildman–Crippen MR) is 104 cm³/mol. The Hall–Kier alpha value is -1.96. The van der Waals surface area contributed by atoms with E-state index in [0.717, 1.165) is 16.3 Å². The molecule has 6 nitrogen and oxygen atoms in total. The zero-order chi connectivity index (χ0) is 17.7. The minimum absolute atomic E-state index is 0. The number of aromatic nitrogens is 1. The Morgan fingerprint density at radius 1 is 1.24 bits per heavy atom. The average molecular weight is 383 g/mol. The number of hydrogen-bond acceptors (Lipinski definition) is 5. The zero-order valence-electron chi connectivity index (χ0n) is 14.4. The van der Waals surface area contributed by atoms with Gasteiger partial charge in [-0.2, -0.15) is 0 Å². The SMILES string of the molecule is Cc1csc(-c2ccc(NC(=O)CNC(=O)[C@@H](N)C(C)C)cc2)n1.Cl. The van der Waals surface area contributed by atoms with Gasteiger partial charge in [-0.05, 0) is 37.1 Å². The van der Waals surface area contributed by atoms with Crippen molar-refractivity contribution in [3.63, 3.8) is 0 Å². The van der Waals surface area contributed by atoms with Crippen molar-refractivity contribution < 1.29 is 9.59 Å². The summed E-state index contributed by atoms with van der Waals surface area (Å²) in [6, 6.07) is 6.82. The van der Waals surface area contributed by atoms with Gasteiger partial charge in [0, 0.05) is 22.3 Å². The van der Waals surface area contributed by atoms with Crippen molar-refractivity contribution in [3.8, 4) is 10.6 Å². The van der Waals surface area contributed by atoms with Crippen molar-refractivity contribution in [1.29, 1.82) is 0 Å². The molecule has 0 saturated heterocycles. The molecule has 8 heteroatoms. The smallest absolute Gasteiger partial charge is 0.243 e. The van der Waals surface area contributed by atoms with E-state index in [4.69, 9.17) is 5.73 Å². The molecule has 1 atom stereocenters. The van der Waals surface area contributed by atoms with Crippen LogP contribution in [0.1, 0.15) is 19.5 Å². The highest BCUT2D eigenvalue weighted by molar-refractivity contribution is 7.13. The van der Waals surface area contributed by atoms with Gasteiger partial charge in [-0.25, -0.2) is 4.98 Å². The van der Waals surface area contributed by atoms with E-state index >= 15 is 0 Å². The third-order valence-corrected chi connectivity index (χ3v) is 4.49. The van der Waals surface area contributed by atoms with Crippen LogP contribution in [0.4, 0.5) is 5.69 Å². The van der Waals surface area contributed by atoms with Gasteiger partial charge in [-0.15, -0.1) is 23.7 Å². The number of rotatable bonds is 6. The normalized spacial score (nSPS) is 11.6. The van der Waals surface area contributed by atoms with Crippen molar-refractivity contribution >= 4 is 41.2 Å². The second-order valence-electron chi connectivity index (χ2n) is 5.91. The molecular weight excluding hydrogens is 360 g/mol. The summed E-state index contributed by atoms with van der Waals surface area (Å²) >= 11 is 1.58. The fraction of sp³-hybridized carbons (Fsp3) is 0.353. The number of benzene rings is 1. The Kier molecular flexibility index (Phi) is 8.02. The molecule has 0 spiro atoms. The molecule has 0 fully saturated rings. The maximum Gasteiger partial charge on any atom is 0.243 e. The van der Waals surface area contributed by atoms with E-state index in [0.29, 0.717) is 5.69 Å². The number of amides is 2. The number of aryl methyl sites for hydroxylation is 1. The number of carbonyl (C=O) groups is 2. The maximum absolute atomic E-state index is 11.9. The predicted octanol–water partition coefficient (Wildman–Crippen LogP) is 2.58. The molecule has 1 aromatic heterocycles. The lowest BCUT2D eigenvalue weighted by molar-refractivity contribution is -0.125. The molecule has 1 heterocycles. The number of nitrogens with two attached hydrogens (primary N) is 1. The molecule has 0 saturated carbocycles. The molecule has 1 aromatic carbocycles. The fourth-order valence-electron chi connectivity index (χ4n) is 1.98. The Labute approximate surface area is 157 Å². The van der Waals surface area contributed by atoms with Gasteiger partial charge in [-0.3, -0.25) is 9.59 Å². The number of hydrogen-bond donors (Lipinski definition) is 3. The van der Waals surface area contributed by atoms with Crippen LogP contribution >= 0.6 is 23.7 Å². The first-order valence-corrected chi connectivity index (χ1v) is 8.60. The Bertz CT molecular complexity index is 716. The van der Waals surface area contributed by atoms with Crippen LogP contribution in [0.25, 0.3) is 10.6 Å². The van der Waals surface area contributed by atoms with Crippen molar-refractivity contribution in [2.24, 2.45) is 11.7 Å². The van der Waals surface area contributed by atoms with Crippen LogP contribution in [0, 0.1) is 12.8 Å².